The highest BCUT2D eigenvalue weighted by Crippen LogP contribution is 2.33. The molecule has 1 nitrogen and oxygen atoms in total. The minimum atomic E-state index is -0.224. The Morgan fingerprint density at radius 3 is 2.69 bits per heavy atom. The van der Waals surface area contributed by atoms with E-state index in [9.17, 15) is 4.39 Å². The number of halogens is 1. The summed E-state index contributed by atoms with van der Waals surface area (Å²) in [5, 5.41) is 0. The van der Waals surface area contributed by atoms with Crippen molar-refractivity contribution in [3.63, 3.8) is 0 Å². The van der Waals surface area contributed by atoms with Gasteiger partial charge in [-0.3, -0.25) is 4.98 Å². The van der Waals surface area contributed by atoms with Crippen LogP contribution in [0.15, 0.2) is 60.3 Å². The zero-order valence-electron chi connectivity index (χ0n) is 8.56. The van der Waals surface area contributed by atoms with Gasteiger partial charge < -0.3 is 0 Å². The number of aromatic nitrogens is 1. The van der Waals surface area contributed by atoms with E-state index in [1.807, 2.05) is 18.2 Å². The Morgan fingerprint density at radius 2 is 2.00 bits per heavy atom. The van der Waals surface area contributed by atoms with Crippen LogP contribution in [0.3, 0.4) is 0 Å². The van der Waals surface area contributed by atoms with E-state index in [1.165, 1.54) is 17.8 Å². The fourth-order valence-electron chi connectivity index (χ4n) is 1.25. The van der Waals surface area contributed by atoms with Crippen LogP contribution in [0, 0.1) is 5.82 Å². The molecular formula is C13H10FNS. The number of nitrogens with zero attached hydrogens (tertiary/aromatic N) is 1. The summed E-state index contributed by atoms with van der Waals surface area (Å²) in [5.41, 5.74) is 0.913. The van der Waals surface area contributed by atoms with Crippen LogP contribution in [-0.4, -0.2) is 4.98 Å². The zero-order chi connectivity index (χ0) is 11.4. The molecule has 0 saturated heterocycles. The van der Waals surface area contributed by atoms with Gasteiger partial charge in [-0.15, -0.1) is 0 Å². The first-order valence-corrected chi connectivity index (χ1v) is 5.61. The van der Waals surface area contributed by atoms with E-state index < -0.39 is 0 Å². The van der Waals surface area contributed by atoms with Gasteiger partial charge in [-0.05, 0) is 18.2 Å². The average Bonchev–Trinajstić information content (AvgIpc) is 2.33. The molecule has 2 aromatic rings. The summed E-state index contributed by atoms with van der Waals surface area (Å²) in [5.74, 6) is -0.224. The Bertz CT molecular complexity index is 496. The molecule has 0 amide bonds. The summed E-state index contributed by atoms with van der Waals surface area (Å²) in [6.07, 6.45) is 3.42. The predicted molar refractivity (Wildman–Crippen MR) is 65.5 cm³/mol. The standard InChI is InChI=1S/C13H10FNS/c1-10(11-5-4-8-15-9-11)16-13-7-3-2-6-12(13)14/h2-9H,1H2. The third-order valence-electron chi connectivity index (χ3n) is 2.05. The second kappa shape index (κ2) is 4.94. The normalized spacial score (nSPS) is 10.1. The molecule has 3 heteroatoms. The Hall–Kier alpha value is -1.61. The first kappa shape index (κ1) is 10.9. The molecular weight excluding hydrogens is 221 g/mol. The van der Waals surface area contributed by atoms with Crippen molar-refractivity contribution in [3.8, 4) is 0 Å². The van der Waals surface area contributed by atoms with Crippen molar-refractivity contribution >= 4 is 16.7 Å². The maximum absolute atomic E-state index is 13.4. The molecule has 0 saturated carbocycles. The maximum Gasteiger partial charge on any atom is 0.137 e. The number of thioether (sulfide) groups is 1. The lowest BCUT2D eigenvalue weighted by Gasteiger charge is -2.05. The second-order valence-corrected chi connectivity index (χ2v) is 4.33. The lowest BCUT2D eigenvalue weighted by Crippen LogP contribution is -1.83. The average molecular weight is 231 g/mol. The fraction of sp³-hybridized carbons (Fsp3) is 0. The van der Waals surface area contributed by atoms with E-state index in [0.717, 1.165) is 10.5 Å². The molecule has 0 N–H and O–H groups in total. The smallest absolute Gasteiger partial charge is 0.137 e. The Kier molecular flexibility index (Phi) is 3.37. The molecule has 0 aliphatic rings. The van der Waals surface area contributed by atoms with E-state index >= 15 is 0 Å². The highest BCUT2D eigenvalue weighted by molar-refractivity contribution is 8.08. The van der Waals surface area contributed by atoms with Gasteiger partial charge in [0, 0.05) is 27.8 Å². The minimum Gasteiger partial charge on any atom is -0.264 e. The van der Waals surface area contributed by atoms with Gasteiger partial charge in [0.15, 0.2) is 0 Å². The maximum atomic E-state index is 13.4. The van der Waals surface area contributed by atoms with E-state index in [2.05, 4.69) is 11.6 Å². The molecule has 0 atom stereocenters. The van der Waals surface area contributed by atoms with Gasteiger partial charge in [-0.25, -0.2) is 4.39 Å². The van der Waals surface area contributed by atoms with Crippen molar-refractivity contribution in [3.05, 3.63) is 66.8 Å². The van der Waals surface area contributed by atoms with Crippen LogP contribution in [0.5, 0.6) is 0 Å². The second-order valence-electron chi connectivity index (χ2n) is 3.20. The first-order chi connectivity index (χ1) is 7.77. The van der Waals surface area contributed by atoms with Gasteiger partial charge in [0.05, 0.1) is 0 Å². The molecule has 0 bridgehead atoms. The summed E-state index contributed by atoms with van der Waals surface area (Å²) in [6, 6.07) is 10.4. The molecule has 1 aromatic heterocycles. The van der Waals surface area contributed by atoms with Gasteiger partial charge in [0.25, 0.3) is 0 Å². The molecule has 0 spiro atoms. The van der Waals surface area contributed by atoms with Gasteiger partial charge in [-0.1, -0.05) is 36.5 Å². The summed E-state index contributed by atoms with van der Waals surface area (Å²) in [6.45, 7) is 3.92. The molecule has 0 aliphatic carbocycles. The Balaban J connectivity index is 2.18. The van der Waals surface area contributed by atoms with E-state index in [-0.39, 0.29) is 5.82 Å². The molecule has 1 heterocycles. The van der Waals surface area contributed by atoms with Gasteiger partial charge >= 0.3 is 0 Å². The van der Waals surface area contributed by atoms with Crippen molar-refractivity contribution in [2.75, 3.05) is 0 Å². The molecule has 80 valence electrons. The minimum absolute atomic E-state index is 0.224. The van der Waals surface area contributed by atoms with Crippen molar-refractivity contribution in [2.24, 2.45) is 0 Å². The first-order valence-electron chi connectivity index (χ1n) is 4.79. The van der Waals surface area contributed by atoms with Crippen molar-refractivity contribution in [1.29, 1.82) is 0 Å². The summed E-state index contributed by atoms with van der Waals surface area (Å²) < 4.78 is 13.4. The number of pyridine rings is 1. The third kappa shape index (κ3) is 2.49. The van der Waals surface area contributed by atoms with E-state index in [1.54, 1.807) is 24.5 Å². The Morgan fingerprint density at radius 1 is 1.19 bits per heavy atom. The lowest BCUT2D eigenvalue weighted by atomic mass is 10.3. The van der Waals surface area contributed by atoms with Crippen LogP contribution >= 0.6 is 11.8 Å². The van der Waals surface area contributed by atoms with Gasteiger partial charge in [-0.2, -0.15) is 0 Å². The highest BCUT2D eigenvalue weighted by Gasteiger charge is 2.05. The molecule has 2 rings (SSSR count). The topological polar surface area (TPSA) is 12.9 Å². The highest BCUT2D eigenvalue weighted by atomic mass is 32.2. The summed E-state index contributed by atoms with van der Waals surface area (Å²) in [7, 11) is 0. The fourth-order valence-corrected chi connectivity index (χ4v) is 2.06. The van der Waals surface area contributed by atoms with Crippen molar-refractivity contribution < 1.29 is 4.39 Å². The van der Waals surface area contributed by atoms with Crippen LogP contribution in [0.1, 0.15) is 5.56 Å². The summed E-state index contributed by atoms with van der Waals surface area (Å²) >= 11 is 1.31. The van der Waals surface area contributed by atoms with Crippen molar-refractivity contribution in [2.45, 2.75) is 4.90 Å². The van der Waals surface area contributed by atoms with Crippen LogP contribution in [-0.2, 0) is 0 Å². The SMILES string of the molecule is C=C(Sc1ccccc1F)c1cccnc1. The van der Waals surface area contributed by atoms with E-state index in [4.69, 9.17) is 0 Å². The lowest BCUT2D eigenvalue weighted by molar-refractivity contribution is 0.602. The molecule has 1 aromatic carbocycles. The largest absolute Gasteiger partial charge is 0.264 e. The van der Waals surface area contributed by atoms with Crippen LogP contribution in [0.4, 0.5) is 4.39 Å². The molecule has 16 heavy (non-hydrogen) atoms. The Labute approximate surface area is 98.0 Å². The molecule has 0 aliphatic heterocycles. The quantitative estimate of drug-likeness (QED) is 0.741. The number of hydrogen-bond acceptors (Lipinski definition) is 2. The van der Waals surface area contributed by atoms with Gasteiger partial charge in [0.2, 0.25) is 0 Å². The number of rotatable bonds is 3. The molecule has 0 fully saturated rings. The monoisotopic (exact) mass is 231 g/mol. The van der Waals surface area contributed by atoms with Crippen LogP contribution in [0.2, 0.25) is 0 Å². The van der Waals surface area contributed by atoms with Gasteiger partial charge in [0.1, 0.15) is 5.82 Å². The zero-order valence-corrected chi connectivity index (χ0v) is 9.38. The third-order valence-corrected chi connectivity index (χ3v) is 3.09. The van der Waals surface area contributed by atoms with Crippen LogP contribution < -0.4 is 0 Å². The predicted octanol–water partition coefficient (Wildman–Crippen LogP) is 3.98. The molecule has 0 radical (unpaired) electrons. The van der Waals surface area contributed by atoms with E-state index in [0.29, 0.717) is 4.90 Å². The van der Waals surface area contributed by atoms with Crippen LogP contribution in [0.25, 0.3) is 4.91 Å². The number of benzene rings is 1. The summed E-state index contributed by atoms with van der Waals surface area (Å²) in [4.78, 5) is 5.37. The molecule has 0 unspecified atom stereocenters. The number of hydrogen-bond donors (Lipinski definition) is 0. The van der Waals surface area contributed by atoms with Crippen molar-refractivity contribution in [1.82, 2.24) is 4.98 Å².